The van der Waals surface area contributed by atoms with E-state index in [-0.39, 0.29) is 23.5 Å². The van der Waals surface area contributed by atoms with E-state index in [1.807, 2.05) is 23.0 Å². The van der Waals surface area contributed by atoms with Crippen molar-refractivity contribution in [3.05, 3.63) is 0 Å². The second-order valence-corrected chi connectivity index (χ2v) is 10.7. The highest BCUT2D eigenvalue weighted by Gasteiger charge is 2.49. The lowest BCUT2D eigenvalue weighted by atomic mass is 9.74. The number of thioether (sulfide) groups is 1. The van der Waals surface area contributed by atoms with Crippen LogP contribution in [0.4, 0.5) is 0 Å². The van der Waals surface area contributed by atoms with E-state index in [0.29, 0.717) is 35.8 Å². The molecule has 27 heavy (non-hydrogen) atoms. The highest BCUT2D eigenvalue weighted by atomic mass is 35.5. The summed E-state index contributed by atoms with van der Waals surface area (Å²) in [7, 11) is 0. The van der Waals surface area contributed by atoms with Crippen LogP contribution in [-0.4, -0.2) is 59.2 Å². The van der Waals surface area contributed by atoms with Crippen molar-refractivity contribution in [2.45, 2.75) is 67.9 Å². The fourth-order valence-electron chi connectivity index (χ4n) is 5.75. The Bertz CT molecular complexity index is 598. The molecule has 0 spiro atoms. The normalized spacial score (nSPS) is 47.1. The molecule has 0 N–H and O–H groups in total. The molecule has 2 saturated carbocycles. The zero-order valence-electron chi connectivity index (χ0n) is 15.7. The van der Waals surface area contributed by atoms with Crippen LogP contribution < -0.4 is 0 Å². The number of halogens is 1. The van der Waals surface area contributed by atoms with Crippen LogP contribution in [0.25, 0.3) is 0 Å². The van der Waals surface area contributed by atoms with E-state index in [0.717, 1.165) is 44.4 Å². The summed E-state index contributed by atoms with van der Waals surface area (Å²) in [4.78, 5) is 20.1. The summed E-state index contributed by atoms with van der Waals surface area (Å²) in [6.45, 7) is 1.21. The number of rotatable bonds is 3. The Morgan fingerprint density at radius 3 is 2.81 bits per heavy atom. The fraction of sp³-hybridized carbons (Fsp3) is 0.900. The van der Waals surface area contributed by atoms with Gasteiger partial charge in [0.05, 0.1) is 24.5 Å². The van der Waals surface area contributed by atoms with Gasteiger partial charge in [0.15, 0.2) is 0 Å². The maximum atomic E-state index is 13.4. The number of aliphatic imine (C=N–C) groups is 1. The third-order valence-corrected chi connectivity index (χ3v) is 9.09. The van der Waals surface area contributed by atoms with E-state index in [9.17, 15) is 4.79 Å². The van der Waals surface area contributed by atoms with Gasteiger partial charge in [-0.15, -0.1) is 23.4 Å². The summed E-state index contributed by atoms with van der Waals surface area (Å²) < 4.78 is 11.3. The Balaban J connectivity index is 1.24. The van der Waals surface area contributed by atoms with Gasteiger partial charge in [-0.3, -0.25) is 9.79 Å². The van der Waals surface area contributed by atoms with Crippen molar-refractivity contribution in [1.29, 1.82) is 0 Å². The summed E-state index contributed by atoms with van der Waals surface area (Å²) in [5.41, 5.74) is 0. The first kappa shape index (κ1) is 18.7. The molecule has 6 unspecified atom stereocenters. The van der Waals surface area contributed by atoms with Gasteiger partial charge in [0, 0.05) is 11.9 Å². The van der Waals surface area contributed by atoms with E-state index in [4.69, 9.17) is 26.1 Å². The summed E-state index contributed by atoms with van der Waals surface area (Å²) in [6, 6.07) is 0. The predicted molar refractivity (Wildman–Crippen MR) is 107 cm³/mol. The fourth-order valence-corrected chi connectivity index (χ4v) is 7.56. The molecule has 3 aliphatic heterocycles. The number of amides is 1. The number of hydrogen-bond acceptors (Lipinski definition) is 5. The van der Waals surface area contributed by atoms with Crippen LogP contribution >= 0.6 is 23.4 Å². The van der Waals surface area contributed by atoms with Gasteiger partial charge in [0.25, 0.3) is 0 Å². The number of ether oxygens (including phenoxy) is 2. The van der Waals surface area contributed by atoms with Crippen molar-refractivity contribution in [3.63, 3.8) is 0 Å². The second-order valence-electron chi connectivity index (χ2n) is 8.89. The molecule has 2 saturated heterocycles. The van der Waals surface area contributed by atoms with Crippen LogP contribution in [-0.2, 0) is 14.3 Å². The minimum atomic E-state index is 0.0688. The molecule has 5 nitrogen and oxygen atoms in total. The van der Waals surface area contributed by atoms with E-state index in [1.54, 1.807) is 0 Å². The van der Waals surface area contributed by atoms with Crippen molar-refractivity contribution in [2.75, 3.05) is 19.1 Å². The average molecular weight is 413 g/mol. The third-order valence-electron chi connectivity index (χ3n) is 7.31. The second kappa shape index (κ2) is 7.85. The third kappa shape index (κ3) is 3.67. The molecule has 4 fully saturated rings. The molecule has 3 heterocycles. The zero-order valence-corrected chi connectivity index (χ0v) is 17.2. The van der Waals surface area contributed by atoms with Crippen molar-refractivity contribution < 1.29 is 14.3 Å². The Hall–Kier alpha value is -0.300. The minimum Gasteiger partial charge on any atom is -0.349 e. The quantitative estimate of drug-likeness (QED) is 0.665. The monoisotopic (exact) mass is 412 g/mol. The van der Waals surface area contributed by atoms with Crippen LogP contribution in [0.3, 0.4) is 0 Å². The van der Waals surface area contributed by atoms with Crippen molar-refractivity contribution in [1.82, 2.24) is 4.90 Å². The Morgan fingerprint density at radius 1 is 1.15 bits per heavy atom. The average Bonchev–Trinajstić information content (AvgIpc) is 3.31. The van der Waals surface area contributed by atoms with Crippen LogP contribution in [0.15, 0.2) is 4.99 Å². The molecule has 7 heteroatoms. The predicted octanol–water partition coefficient (Wildman–Crippen LogP) is 3.50. The van der Waals surface area contributed by atoms with Gasteiger partial charge in [-0.05, 0) is 68.5 Å². The smallest absolute Gasteiger partial charge is 0.234 e. The Morgan fingerprint density at radius 2 is 1.96 bits per heavy atom. The maximum absolute atomic E-state index is 13.4. The molecule has 0 aromatic rings. The van der Waals surface area contributed by atoms with Crippen LogP contribution in [0, 0.1) is 23.7 Å². The summed E-state index contributed by atoms with van der Waals surface area (Å²) in [5.74, 6) is 3.05. The number of carbonyl (C=O) groups excluding carboxylic acids is 1. The van der Waals surface area contributed by atoms with Crippen LogP contribution in [0.1, 0.15) is 44.9 Å². The van der Waals surface area contributed by atoms with Gasteiger partial charge < -0.3 is 14.4 Å². The van der Waals surface area contributed by atoms with Gasteiger partial charge in [-0.2, -0.15) is 0 Å². The largest absolute Gasteiger partial charge is 0.349 e. The van der Waals surface area contributed by atoms with Crippen LogP contribution in [0.2, 0.25) is 0 Å². The highest BCUT2D eigenvalue weighted by molar-refractivity contribution is 8.00. The van der Waals surface area contributed by atoms with Crippen molar-refractivity contribution >= 4 is 35.6 Å². The summed E-state index contributed by atoms with van der Waals surface area (Å²) >= 11 is 8.18. The Labute approximate surface area is 170 Å². The lowest BCUT2D eigenvalue weighted by Gasteiger charge is -2.38. The van der Waals surface area contributed by atoms with Gasteiger partial charge in [-0.25, -0.2) is 0 Å². The molecule has 5 rings (SSSR count). The molecular formula is C20H29ClN2O3S. The van der Waals surface area contributed by atoms with Gasteiger partial charge in [0.2, 0.25) is 5.91 Å². The highest BCUT2D eigenvalue weighted by Crippen LogP contribution is 2.48. The molecule has 6 atom stereocenters. The molecule has 0 bridgehead atoms. The molecule has 5 aliphatic rings. The lowest BCUT2D eigenvalue weighted by Crippen LogP contribution is -2.48. The first-order chi connectivity index (χ1) is 13.2. The molecule has 1 amide bonds. The number of hydrogen-bond donors (Lipinski definition) is 0. The molecule has 0 aromatic carbocycles. The number of nitrogens with zero attached hydrogens (tertiary/aromatic N) is 2. The zero-order chi connectivity index (χ0) is 18.4. The first-order valence-corrected chi connectivity index (χ1v) is 12.0. The number of fused-ring (bicyclic) bond motifs is 2. The van der Waals surface area contributed by atoms with E-state index in [1.165, 1.54) is 12.8 Å². The van der Waals surface area contributed by atoms with E-state index in [2.05, 4.69) is 0 Å². The standard InChI is InChI=1S/C20H29ClN2O3S/c21-14-4-2-13(3-5-14)15-9-27-19-18(15)20(24)23(10-22-19)8-12-1-6-16-17(7-12)26-11-25-16/h10,12-19H,1-9,11H2. The van der Waals surface area contributed by atoms with Gasteiger partial charge in [-0.1, -0.05) is 0 Å². The topological polar surface area (TPSA) is 51.1 Å². The first-order valence-electron chi connectivity index (χ1n) is 10.5. The summed E-state index contributed by atoms with van der Waals surface area (Å²) in [6.07, 6.45) is 9.98. The Kier molecular flexibility index (Phi) is 5.44. The van der Waals surface area contributed by atoms with Crippen molar-refractivity contribution in [2.24, 2.45) is 28.7 Å². The van der Waals surface area contributed by atoms with Crippen molar-refractivity contribution in [3.8, 4) is 0 Å². The molecular weight excluding hydrogens is 384 g/mol. The van der Waals surface area contributed by atoms with E-state index < -0.39 is 0 Å². The van der Waals surface area contributed by atoms with Gasteiger partial charge in [0.1, 0.15) is 12.2 Å². The van der Waals surface area contributed by atoms with Gasteiger partial charge >= 0.3 is 0 Å². The maximum Gasteiger partial charge on any atom is 0.234 e. The molecule has 2 aliphatic carbocycles. The number of alkyl halides is 1. The molecule has 0 radical (unpaired) electrons. The molecule has 0 aromatic heterocycles. The SMILES string of the molecule is O=C1C2C(N=CN1CC1CCC3OCOC3C1)SCC2C1CCC(Cl)CC1. The summed E-state index contributed by atoms with van der Waals surface area (Å²) in [5, 5.41) is 0.467. The minimum absolute atomic E-state index is 0.0688. The number of carbonyl (C=O) groups is 1. The lowest BCUT2D eigenvalue weighted by molar-refractivity contribution is -0.134. The van der Waals surface area contributed by atoms with E-state index >= 15 is 0 Å². The molecule has 150 valence electrons. The van der Waals surface area contributed by atoms with Crippen LogP contribution in [0.5, 0.6) is 0 Å².